The number of aliphatic hydroxyl groups excluding tert-OH is 1. The first-order valence-electron chi connectivity index (χ1n) is 4.87. The third-order valence-corrected chi connectivity index (χ3v) is 2.33. The normalized spacial score (nSPS) is 18.8. The number of allylic oxidation sites excluding steroid dienone is 2. The Bertz CT molecular complexity index is 158. The molecule has 1 nitrogen and oxygen atoms in total. The fourth-order valence-electron chi connectivity index (χ4n) is 1.50. The predicted molar refractivity (Wildman–Crippen MR) is 51.9 cm³/mol. The van der Waals surface area contributed by atoms with Gasteiger partial charge in [-0.05, 0) is 6.42 Å². The maximum atomic E-state index is 9.67. The predicted octanol–water partition coefficient (Wildman–Crippen LogP) is 2.67. The van der Waals surface area contributed by atoms with E-state index in [1.54, 1.807) is 0 Å². The van der Waals surface area contributed by atoms with Crippen molar-refractivity contribution in [3.8, 4) is 0 Å². The van der Waals surface area contributed by atoms with Crippen LogP contribution in [-0.4, -0.2) is 11.2 Å². The molecule has 0 spiro atoms. The molecule has 1 aliphatic rings. The number of unbranched alkanes of at least 4 members (excludes halogenated alkanes) is 2. The highest BCUT2D eigenvalue weighted by molar-refractivity contribution is 5.18. The van der Waals surface area contributed by atoms with Crippen molar-refractivity contribution in [3.63, 3.8) is 0 Å². The zero-order valence-corrected chi connectivity index (χ0v) is 7.74. The molecule has 68 valence electrons. The van der Waals surface area contributed by atoms with Crippen LogP contribution < -0.4 is 0 Å². The average molecular weight is 166 g/mol. The lowest BCUT2D eigenvalue weighted by molar-refractivity contribution is 0.136. The second-order valence-electron chi connectivity index (χ2n) is 3.41. The van der Waals surface area contributed by atoms with Gasteiger partial charge in [-0.15, -0.1) is 0 Å². The first-order chi connectivity index (χ1) is 5.84. The minimum atomic E-state index is -0.161. The molecular formula is C11H18O. The molecule has 0 saturated heterocycles. The molecule has 1 rings (SSSR count). The first-order valence-corrected chi connectivity index (χ1v) is 4.87. The van der Waals surface area contributed by atoms with E-state index in [4.69, 9.17) is 0 Å². The van der Waals surface area contributed by atoms with E-state index >= 15 is 0 Å². The van der Waals surface area contributed by atoms with Gasteiger partial charge < -0.3 is 5.11 Å². The summed E-state index contributed by atoms with van der Waals surface area (Å²) in [6.07, 6.45) is 12.5. The van der Waals surface area contributed by atoms with Crippen LogP contribution in [0.2, 0.25) is 0 Å². The van der Waals surface area contributed by atoms with Gasteiger partial charge in [-0.25, -0.2) is 0 Å². The molecular weight excluding hydrogens is 148 g/mol. The van der Waals surface area contributed by atoms with Crippen molar-refractivity contribution in [2.45, 2.75) is 38.7 Å². The zero-order valence-electron chi connectivity index (χ0n) is 7.74. The van der Waals surface area contributed by atoms with E-state index in [1.165, 1.54) is 12.8 Å². The van der Waals surface area contributed by atoms with Crippen molar-refractivity contribution in [2.75, 3.05) is 0 Å². The third-order valence-electron chi connectivity index (χ3n) is 2.33. The summed E-state index contributed by atoms with van der Waals surface area (Å²) in [5, 5.41) is 9.67. The summed E-state index contributed by atoms with van der Waals surface area (Å²) in [5.41, 5.74) is 0. The molecule has 0 aromatic carbocycles. The van der Waals surface area contributed by atoms with E-state index in [1.807, 2.05) is 12.2 Å². The SMILES string of the molecule is CCCCC[C@@H](O)C1C=CC=C1. The topological polar surface area (TPSA) is 20.2 Å². The van der Waals surface area contributed by atoms with Crippen molar-refractivity contribution in [1.82, 2.24) is 0 Å². The van der Waals surface area contributed by atoms with Crippen molar-refractivity contribution < 1.29 is 5.11 Å². The van der Waals surface area contributed by atoms with E-state index in [-0.39, 0.29) is 12.0 Å². The molecule has 1 atom stereocenters. The summed E-state index contributed by atoms with van der Waals surface area (Å²) >= 11 is 0. The fraction of sp³-hybridized carbons (Fsp3) is 0.636. The van der Waals surface area contributed by atoms with Crippen LogP contribution >= 0.6 is 0 Å². The quantitative estimate of drug-likeness (QED) is 0.622. The molecule has 0 aromatic heterocycles. The van der Waals surface area contributed by atoms with Gasteiger partial charge in [0.05, 0.1) is 6.10 Å². The second kappa shape index (κ2) is 5.15. The van der Waals surface area contributed by atoms with Gasteiger partial charge >= 0.3 is 0 Å². The molecule has 0 heterocycles. The van der Waals surface area contributed by atoms with Gasteiger partial charge in [0.25, 0.3) is 0 Å². The molecule has 0 aliphatic heterocycles. The number of hydrogen-bond acceptors (Lipinski definition) is 1. The maximum Gasteiger partial charge on any atom is 0.0637 e. The largest absolute Gasteiger partial charge is 0.392 e. The molecule has 12 heavy (non-hydrogen) atoms. The van der Waals surface area contributed by atoms with Gasteiger partial charge in [0.1, 0.15) is 0 Å². The molecule has 0 amide bonds. The van der Waals surface area contributed by atoms with Crippen molar-refractivity contribution >= 4 is 0 Å². The van der Waals surface area contributed by atoms with E-state index in [2.05, 4.69) is 19.1 Å². The maximum absolute atomic E-state index is 9.67. The van der Waals surface area contributed by atoms with Crippen LogP contribution in [0.5, 0.6) is 0 Å². The summed E-state index contributed by atoms with van der Waals surface area (Å²) in [4.78, 5) is 0. The minimum absolute atomic E-state index is 0.161. The van der Waals surface area contributed by atoms with E-state index in [0.29, 0.717) is 0 Å². The highest BCUT2D eigenvalue weighted by atomic mass is 16.3. The summed E-state index contributed by atoms with van der Waals surface area (Å²) in [6.45, 7) is 2.18. The zero-order chi connectivity index (χ0) is 8.81. The van der Waals surface area contributed by atoms with Crippen LogP contribution in [0.1, 0.15) is 32.6 Å². The Kier molecular flexibility index (Phi) is 4.09. The van der Waals surface area contributed by atoms with E-state index < -0.39 is 0 Å². The summed E-state index contributed by atoms with van der Waals surface area (Å²) < 4.78 is 0. The Morgan fingerprint density at radius 1 is 1.25 bits per heavy atom. The lowest BCUT2D eigenvalue weighted by Gasteiger charge is -2.13. The first kappa shape index (κ1) is 9.53. The van der Waals surface area contributed by atoms with Gasteiger partial charge in [-0.1, -0.05) is 50.5 Å². The average Bonchev–Trinajstić information content (AvgIpc) is 2.56. The molecule has 1 N–H and O–H groups in total. The van der Waals surface area contributed by atoms with Crippen molar-refractivity contribution in [1.29, 1.82) is 0 Å². The minimum Gasteiger partial charge on any atom is -0.392 e. The lowest BCUT2D eigenvalue weighted by atomic mass is 9.99. The van der Waals surface area contributed by atoms with Crippen molar-refractivity contribution in [2.24, 2.45) is 5.92 Å². The number of rotatable bonds is 5. The summed E-state index contributed by atoms with van der Waals surface area (Å²) in [5.74, 6) is 0.279. The monoisotopic (exact) mass is 166 g/mol. The number of hydrogen-bond donors (Lipinski definition) is 1. The van der Waals surface area contributed by atoms with Gasteiger partial charge in [0.15, 0.2) is 0 Å². The molecule has 0 radical (unpaired) electrons. The van der Waals surface area contributed by atoms with Gasteiger partial charge in [0, 0.05) is 5.92 Å². The van der Waals surface area contributed by atoms with E-state index in [9.17, 15) is 5.11 Å². The Morgan fingerprint density at radius 2 is 1.92 bits per heavy atom. The van der Waals surface area contributed by atoms with Crippen LogP contribution in [0.25, 0.3) is 0 Å². The van der Waals surface area contributed by atoms with Crippen LogP contribution in [0.3, 0.4) is 0 Å². The van der Waals surface area contributed by atoms with Crippen LogP contribution in [0, 0.1) is 5.92 Å². The van der Waals surface area contributed by atoms with Crippen LogP contribution in [-0.2, 0) is 0 Å². The van der Waals surface area contributed by atoms with Crippen LogP contribution in [0.15, 0.2) is 24.3 Å². The Balaban J connectivity index is 2.15. The van der Waals surface area contributed by atoms with Crippen molar-refractivity contribution in [3.05, 3.63) is 24.3 Å². The Morgan fingerprint density at radius 3 is 2.50 bits per heavy atom. The highest BCUT2D eigenvalue weighted by Crippen LogP contribution is 2.18. The molecule has 0 saturated carbocycles. The summed E-state index contributed by atoms with van der Waals surface area (Å²) in [6, 6.07) is 0. The van der Waals surface area contributed by atoms with Gasteiger partial charge in [0.2, 0.25) is 0 Å². The molecule has 0 bridgehead atoms. The Hall–Kier alpha value is -0.560. The third kappa shape index (κ3) is 2.82. The molecule has 0 aromatic rings. The van der Waals surface area contributed by atoms with Gasteiger partial charge in [-0.3, -0.25) is 0 Å². The van der Waals surface area contributed by atoms with Crippen LogP contribution in [0.4, 0.5) is 0 Å². The van der Waals surface area contributed by atoms with Gasteiger partial charge in [-0.2, -0.15) is 0 Å². The molecule has 1 heteroatoms. The lowest BCUT2D eigenvalue weighted by Crippen LogP contribution is -2.15. The summed E-state index contributed by atoms with van der Waals surface area (Å²) in [7, 11) is 0. The molecule has 0 fully saturated rings. The molecule has 1 aliphatic carbocycles. The fourth-order valence-corrected chi connectivity index (χ4v) is 1.50. The highest BCUT2D eigenvalue weighted by Gasteiger charge is 2.14. The standard InChI is InChI=1S/C11H18O/c1-2-3-4-9-11(12)10-7-5-6-8-10/h5-8,10-12H,2-4,9H2,1H3/t11-/m1/s1. The smallest absolute Gasteiger partial charge is 0.0637 e. The van der Waals surface area contributed by atoms with E-state index in [0.717, 1.165) is 12.8 Å². The number of aliphatic hydroxyl groups is 1. The second-order valence-corrected chi connectivity index (χ2v) is 3.41. The molecule has 0 unspecified atom stereocenters. The Labute approximate surface area is 74.8 Å².